The van der Waals surface area contributed by atoms with Gasteiger partial charge in [-0.15, -0.1) is 0 Å². The summed E-state index contributed by atoms with van der Waals surface area (Å²) in [5, 5.41) is 23.5. The molecular formula is C37H46N3O4+. The van der Waals surface area contributed by atoms with Gasteiger partial charge in [0.2, 0.25) is 11.5 Å². The van der Waals surface area contributed by atoms with Gasteiger partial charge in [0.25, 0.3) is 5.69 Å². The number of hydrogen-bond acceptors (Lipinski definition) is 5. The number of allylic oxidation sites excluding steroid dienone is 5. The molecule has 5 rings (SSSR count). The molecule has 0 saturated carbocycles. The molecule has 7 heteroatoms. The van der Waals surface area contributed by atoms with Crippen molar-refractivity contribution in [2.24, 2.45) is 11.8 Å². The van der Waals surface area contributed by atoms with E-state index in [4.69, 9.17) is 0 Å². The first-order valence-corrected chi connectivity index (χ1v) is 15.8. The van der Waals surface area contributed by atoms with Crippen LogP contribution in [0.5, 0.6) is 0 Å². The van der Waals surface area contributed by atoms with E-state index in [1.807, 2.05) is 26.0 Å². The first kappa shape index (κ1) is 31.4. The third kappa shape index (κ3) is 5.10. The number of benzene rings is 2. The van der Waals surface area contributed by atoms with Gasteiger partial charge in [0, 0.05) is 47.8 Å². The summed E-state index contributed by atoms with van der Waals surface area (Å²) in [6.07, 6.45) is 5.51. The van der Waals surface area contributed by atoms with Gasteiger partial charge in [-0.25, -0.2) is 0 Å². The summed E-state index contributed by atoms with van der Waals surface area (Å²) in [5.41, 5.74) is 6.33. The van der Waals surface area contributed by atoms with Crippen molar-refractivity contribution in [1.82, 2.24) is 0 Å². The minimum Gasteiger partial charge on any atom is -0.506 e. The lowest BCUT2D eigenvalue weighted by Gasteiger charge is -2.29. The number of nitro groups is 1. The fraction of sp³-hybridized carbons (Fsp3) is 0.459. The number of ketones is 1. The van der Waals surface area contributed by atoms with Crippen molar-refractivity contribution in [2.45, 2.75) is 86.0 Å². The summed E-state index contributed by atoms with van der Waals surface area (Å²) in [6, 6.07) is 11.7. The standard InChI is InChI=1S/C37H45N3O4/c1-22(2)15-17-38-28-14-13-24(5)19-27(28)36(6,7)31(38)20-25-34(41)26(35(25)42)21-32-37(8,9)33-29(39(32)18-16-23(3)4)11-10-12-30(33)40(43)44/h10-14,19-23H,15-18H2,1-9H3/p+1. The molecule has 0 amide bonds. The summed E-state index contributed by atoms with van der Waals surface area (Å²) in [7, 11) is 0. The number of anilines is 1. The Morgan fingerprint density at radius 1 is 1.00 bits per heavy atom. The van der Waals surface area contributed by atoms with Crippen molar-refractivity contribution in [3.63, 3.8) is 0 Å². The largest absolute Gasteiger partial charge is 0.506 e. The van der Waals surface area contributed by atoms with Gasteiger partial charge in [0.05, 0.1) is 32.7 Å². The van der Waals surface area contributed by atoms with Crippen molar-refractivity contribution in [3.05, 3.63) is 98.0 Å². The van der Waals surface area contributed by atoms with Crippen molar-refractivity contribution in [1.29, 1.82) is 0 Å². The van der Waals surface area contributed by atoms with Gasteiger partial charge in [-0.2, -0.15) is 4.58 Å². The van der Waals surface area contributed by atoms with E-state index in [2.05, 4.69) is 76.1 Å². The van der Waals surface area contributed by atoms with E-state index in [9.17, 15) is 20.0 Å². The van der Waals surface area contributed by atoms with Gasteiger partial charge in [0.15, 0.2) is 5.71 Å². The second-order valence-corrected chi connectivity index (χ2v) is 14.4. The molecule has 7 nitrogen and oxygen atoms in total. The van der Waals surface area contributed by atoms with E-state index < -0.39 is 5.41 Å². The van der Waals surface area contributed by atoms with Gasteiger partial charge in [0.1, 0.15) is 12.3 Å². The Morgan fingerprint density at radius 3 is 2.30 bits per heavy atom. The second-order valence-electron chi connectivity index (χ2n) is 14.4. The van der Waals surface area contributed by atoms with Gasteiger partial charge in [-0.1, -0.05) is 45.4 Å². The van der Waals surface area contributed by atoms with Crippen LogP contribution in [0.2, 0.25) is 0 Å². The van der Waals surface area contributed by atoms with Crippen LogP contribution < -0.4 is 4.90 Å². The number of aliphatic hydroxyl groups is 1. The van der Waals surface area contributed by atoms with E-state index in [1.165, 1.54) is 11.1 Å². The number of carbonyl (C=O) groups excluding carboxylic acids is 1. The highest BCUT2D eigenvalue weighted by atomic mass is 16.6. The Kier molecular flexibility index (Phi) is 7.98. The summed E-state index contributed by atoms with van der Waals surface area (Å²) in [4.78, 5) is 27.6. The van der Waals surface area contributed by atoms with Crippen LogP contribution in [-0.2, 0) is 15.6 Å². The molecule has 0 fully saturated rings. The number of aliphatic hydroxyl groups excluding tert-OH is 1. The molecule has 0 bridgehead atoms. The average Bonchev–Trinajstić information content (AvgIpc) is 3.29. The number of carbonyl (C=O) groups is 1. The molecule has 2 aliphatic heterocycles. The van der Waals surface area contributed by atoms with Gasteiger partial charge in [-0.05, 0) is 71.1 Å². The molecule has 0 radical (unpaired) electrons. The first-order valence-electron chi connectivity index (χ1n) is 15.8. The second kappa shape index (κ2) is 11.2. The Hall–Kier alpha value is -4.00. The highest BCUT2D eigenvalue weighted by Crippen LogP contribution is 2.52. The van der Waals surface area contributed by atoms with Gasteiger partial charge >= 0.3 is 0 Å². The first-order chi connectivity index (χ1) is 20.6. The fourth-order valence-electron chi connectivity index (χ4n) is 6.89. The van der Waals surface area contributed by atoms with Crippen LogP contribution in [0.25, 0.3) is 0 Å². The summed E-state index contributed by atoms with van der Waals surface area (Å²) in [6.45, 7) is 20.6. The maximum Gasteiger partial charge on any atom is 0.275 e. The van der Waals surface area contributed by atoms with Crippen LogP contribution >= 0.6 is 0 Å². The number of aryl methyl sites for hydroxylation is 1. The Balaban J connectivity index is 1.61. The number of fused-ring (bicyclic) bond motifs is 2. The number of nitrogens with zero attached hydrogens (tertiary/aromatic N) is 3. The Labute approximate surface area is 261 Å². The van der Waals surface area contributed by atoms with E-state index in [0.717, 1.165) is 42.2 Å². The number of nitro benzene ring substituents is 1. The maximum atomic E-state index is 13.8. The maximum absolute atomic E-state index is 13.8. The molecule has 1 aliphatic carbocycles. The minimum absolute atomic E-state index is 0.0215. The van der Waals surface area contributed by atoms with Crippen molar-refractivity contribution in [3.8, 4) is 0 Å². The third-order valence-corrected chi connectivity index (χ3v) is 9.53. The molecule has 2 aromatic rings. The molecule has 0 unspecified atom stereocenters. The van der Waals surface area contributed by atoms with Crippen molar-refractivity contribution >= 4 is 28.6 Å². The number of Topliss-reactive ketones (excluding diaryl/α,β-unsaturated/α-hetero) is 1. The molecule has 0 spiro atoms. The Morgan fingerprint density at radius 2 is 1.68 bits per heavy atom. The summed E-state index contributed by atoms with van der Waals surface area (Å²) >= 11 is 0. The lowest BCUT2D eigenvalue weighted by atomic mass is 9.77. The fourth-order valence-corrected chi connectivity index (χ4v) is 6.89. The van der Waals surface area contributed by atoms with E-state index in [0.29, 0.717) is 29.5 Å². The predicted octanol–water partition coefficient (Wildman–Crippen LogP) is 8.37. The molecule has 0 saturated heterocycles. The lowest BCUT2D eigenvalue weighted by molar-refractivity contribution is -0.439. The zero-order valence-electron chi connectivity index (χ0n) is 27.6. The van der Waals surface area contributed by atoms with Gasteiger partial charge < -0.3 is 10.0 Å². The molecular weight excluding hydrogens is 550 g/mol. The van der Waals surface area contributed by atoms with E-state index in [-0.39, 0.29) is 33.1 Å². The zero-order chi connectivity index (χ0) is 32.3. The van der Waals surface area contributed by atoms with E-state index in [1.54, 1.807) is 18.2 Å². The average molecular weight is 597 g/mol. The molecule has 1 N–H and O–H groups in total. The smallest absolute Gasteiger partial charge is 0.275 e. The summed E-state index contributed by atoms with van der Waals surface area (Å²) in [5.74, 6) is 0.714. The predicted molar refractivity (Wildman–Crippen MR) is 177 cm³/mol. The van der Waals surface area contributed by atoms with Crippen molar-refractivity contribution in [2.75, 3.05) is 18.0 Å². The molecule has 3 aliphatic rings. The van der Waals surface area contributed by atoms with Gasteiger partial charge in [-0.3, -0.25) is 14.9 Å². The quantitative estimate of drug-likeness (QED) is 0.136. The van der Waals surface area contributed by atoms with E-state index >= 15 is 0 Å². The SMILES string of the molecule is Cc1ccc2c(c1)C(C)(C)C(/C=C1/C(=O)C(/C=C3\N(CCC(C)C)c4cccc([N+](=O)[O-])c4C3(C)C)=C1O)=[N+]2CCC(C)C. The van der Waals surface area contributed by atoms with Crippen LogP contribution in [0.4, 0.5) is 17.1 Å². The molecule has 2 heterocycles. The highest BCUT2D eigenvalue weighted by Gasteiger charge is 2.48. The highest BCUT2D eigenvalue weighted by molar-refractivity contribution is 6.24. The number of rotatable bonds is 9. The molecule has 44 heavy (non-hydrogen) atoms. The molecule has 0 atom stereocenters. The third-order valence-electron chi connectivity index (χ3n) is 9.53. The Bertz CT molecular complexity index is 1680. The minimum atomic E-state index is -0.738. The van der Waals surface area contributed by atoms with Crippen LogP contribution in [0.1, 0.15) is 84.9 Å². The molecule has 0 aromatic heterocycles. The van der Waals surface area contributed by atoms with Crippen LogP contribution in [-0.4, -0.2) is 39.2 Å². The number of hydrogen-bond donors (Lipinski definition) is 1. The van der Waals surface area contributed by atoms with Crippen molar-refractivity contribution < 1.29 is 19.4 Å². The molecule has 2 aromatic carbocycles. The van der Waals surface area contributed by atoms with Crippen LogP contribution in [0.3, 0.4) is 0 Å². The molecule has 232 valence electrons. The zero-order valence-corrected chi connectivity index (χ0v) is 27.6. The topological polar surface area (TPSA) is 86.7 Å². The van der Waals surface area contributed by atoms with Crippen LogP contribution in [0, 0.1) is 28.9 Å². The van der Waals surface area contributed by atoms with Crippen LogP contribution in [0.15, 0.2) is 71.2 Å². The lowest BCUT2D eigenvalue weighted by Crippen LogP contribution is -2.32. The normalized spacial score (nSPS) is 20.3. The monoisotopic (exact) mass is 596 g/mol. The summed E-state index contributed by atoms with van der Waals surface area (Å²) < 4.78 is 2.31.